The second-order valence-corrected chi connectivity index (χ2v) is 10.8. The number of carbonyl (C=O) groups excluding carboxylic acids is 2. The molecule has 174 valence electrons. The smallest absolute Gasteiger partial charge is 0.265 e. The molecular formula is C24H27N3O5S. The molecule has 5 rings (SSSR count). The van der Waals surface area contributed by atoms with Gasteiger partial charge in [0.1, 0.15) is 5.75 Å². The van der Waals surface area contributed by atoms with E-state index < -0.39 is 16.1 Å². The van der Waals surface area contributed by atoms with Crippen molar-refractivity contribution in [2.75, 3.05) is 29.9 Å². The summed E-state index contributed by atoms with van der Waals surface area (Å²) in [6, 6.07) is 11.0. The van der Waals surface area contributed by atoms with E-state index in [1.807, 2.05) is 24.3 Å². The maximum Gasteiger partial charge on any atom is 0.265 e. The largest absolute Gasteiger partial charge is 0.479 e. The number of carbonyl (C=O) groups is 2. The molecule has 1 saturated heterocycles. The van der Waals surface area contributed by atoms with Crippen LogP contribution in [0.3, 0.4) is 0 Å². The van der Waals surface area contributed by atoms with Gasteiger partial charge in [0.25, 0.3) is 5.91 Å². The number of hydrogen-bond donors (Lipinski definition) is 1. The first kappa shape index (κ1) is 21.9. The zero-order chi connectivity index (χ0) is 23.3. The first-order chi connectivity index (χ1) is 15.8. The second-order valence-electron chi connectivity index (χ2n) is 8.93. The summed E-state index contributed by atoms with van der Waals surface area (Å²) in [7, 11) is -3.84. The Kier molecular flexibility index (Phi) is 5.41. The van der Waals surface area contributed by atoms with Crippen molar-refractivity contribution >= 4 is 33.2 Å². The highest BCUT2D eigenvalue weighted by Gasteiger charge is 2.38. The van der Waals surface area contributed by atoms with E-state index in [1.165, 1.54) is 10.4 Å². The molecule has 2 aromatic carbocycles. The van der Waals surface area contributed by atoms with Crippen molar-refractivity contribution in [2.45, 2.75) is 44.1 Å². The van der Waals surface area contributed by atoms with Gasteiger partial charge < -0.3 is 15.0 Å². The Morgan fingerprint density at radius 2 is 1.97 bits per heavy atom. The Morgan fingerprint density at radius 1 is 1.18 bits per heavy atom. The van der Waals surface area contributed by atoms with E-state index in [-0.39, 0.29) is 29.2 Å². The summed E-state index contributed by atoms with van der Waals surface area (Å²) < 4.78 is 34.2. The Balaban J connectivity index is 1.39. The van der Waals surface area contributed by atoms with Gasteiger partial charge in [0.05, 0.1) is 16.5 Å². The van der Waals surface area contributed by atoms with Gasteiger partial charge in [-0.05, 0) is 56.4 Å². The van der Waals surface area contributed by atoms with Crippen LogP contribution in [-0.4, -0.2) is 50.3 Å². The van der Waals surface area contributed by atoms with Crippen LogP contribution >= 0.6 is 0 Å². The van der Waals surface area contributed by atoms with Gasteiger partial charge in [-0.15, -0.1) is 0 Å². The summed E-state index contributed by atoms with van der Waals surface area (Å²) in [6.45, 7) is 4.47. The predicted molar refractivity (Wildman–Crippen MR) is 124 cm³/mol. The minimum atomic E-state index is -3.84. The van der Waals surface area contributed by atoms with E-state index >= 15 is 0 Å². The minimum absolute atomic E-state index is 0.0121. The van der Waals surface area contributed by atoms with Crippen LogP contribution in [0.2, 0.25) is 0 Å². The maximum atomic E-state index is 13.6. The highest BCUT2D eigenvalue weighted by Crippen LogP contribution is 2.37. The highest BCUT2D eigenvalue weighted by molar-refractivity contribution is 7.89. The maximum absolute atomic E-state index is 13.6. The highest BCUT2D eigenvalue weighted by atomic mass is 32.2. The van der Waals surface area contributed by atoms with Crippen molar-refractivity contribution in [3.05, 3.63) is 47.5 Å². The lowest BCUT2D eigenvalue weighted by Crippen LogP contribution is -2.46. The van der Waals surface area contributed by atoms with Gasteiger partial charge in [0.2, 0.25) is 15.9 Å². The number of piperidine rings is 1. The summed E-state index contributed by atoms with van der Waals surface area (Å²) in [5.41, 5.74) is 3.07. The fourth-order valence-electron chi connectivity index (χ4n) is 4.91. The third kappa shape index (κ3) is 3.79. The molecule has 3 aliphatic heterocycles. The lowest BCUT2D eigenvalue weighted by molar-refractivity contribution is -0.123. The van der Waals surface area contributed by atoms with Gasteiger partial charge in [-0.1, -0.05) is 18.2 Å². The van der Waals surface area contributed by atoms with E-state index in [9.17, 15) is 18.0 Å². The summed E-state index contributed by atoms with van der Waals surface area (Å²) in [5, 5.41) is 2.75. The number of benzene rings is 2. The zero-order valence-corrected chi connectivity index (χ0v) is 19.5. The van der Waals surface area contributed by atoms with Gasteiger partial charge in [0, 0.05) is 31.4 Å². The molecule has 0 spiro atoms. The van der Waals surface area contributed by atoms with Crippen molar-refractivity contribution in [1.82, 2.24) is 4.31 Å². The molecular weight excluding hydrogens is 442 g/mol. The van der Waals surface area contributed by atoms with Crippen LogP contribution < -0.4 is 15.0 Å². The van der Waals surface area contributed by atoms with Crippen molar-refractivity contribution in [3.63, 3.8) is 0 Å². The Labute approximate surface area is 193 Å². The number of para-hydroxylation sites is 1. The number of anilines is 2. The third-order valence-corrected chi connectivity index (χ3v) is 8.72. The molecule has 0 radical (unpaired) electrons. The summed E-state index contributed by atoms with van der Waals surface area (Å²) >= 11 is 0. The van der Waals surface area contributed by atoms with Crippen LogP contribution in [0.25, 0.3) is 0 Å². The van der Waals surface area contributed by atoms with E-state index in [4.69, 9.17) is 4.74 Å². The lowest BCUT2D eigenvalue weighted by atomic mass is 9.98. The van der Waals surface area contributed by atoms with Crippen molar-refractivity contribution in [1.29, 1.82) is 0 Å². The zero-order valence-electron chi connectivity index (χ0n) is 18.7. The molecule has 1 fully saturated rings. The molecule has 8 nitrogen and oxygen atoms in total. The monoisotopic (exact) mass is 469 g/mol. The van der Waals surface area contributed by atoms with Crippen LogP contribution in [0.5, 0.6) is 5.75 Å². The molecule has 33 heavy (non-hydrogen) atoms. The second kappa shape index (κ2) is 8.14. The molecule has 0 aromatic heterocycles. The normalized spacial score (nSPS) is 22.8. The van der Waals surface area contributed by atoms with Crippen LogP contribution in [0.15, 0.2) is 41.3 Å². The summed E-state index contributed by atoms with van der Waals surface area (Å²) in [4.78, 5) is 27.2. The Morgan fingerprint density at radius 3 is 2.79 bits per heavy atom. The molecule has 0 bridgehead atoms. The van der Waals surface area contributed by atoms with E-state index in [0.29, 0.717) is 42.9 Å². The van der Waals surface area contributed by atoms with E-state index in [0.717, 1.165) is 17.7 Å². The van der Waals surface area contributed by atoms with Crippen LogP contribution in [0.1, 0.15) is 30.9 Å². The number of ether oxygens (including phenoxy) is 1. The number of nitrogens with zero attached hydrogens (tertiary/aromatic N) is 2. The van der Waals surface area contributed by atoms with Gasteiger partial charge >= 0.3 is 0 Å². The van der Waals surface area contributed by atoms with Crippen molar-refractivity contribution < 1.29 is 22.7 Å². The van der Waals surface area contributed by atoms with Gasteiger partial charge in [-0.3, -0.25) is 9.59 Å². The third-order valence-electron chi connectivity index (χ3n) is 6.71. The standard InChI is InChI=1S/C24H27N3O5S/c1-15-12-19-21(32-16(2)23(28)25-19)13-22(15)33(30,31)26-10-5-7-18(14-26)24(29)27-11-9-17-6-3-4-8-20(17)27/h3-4,6,8,12-13,16,18H,5,7,9-11,14H2,1-2H3,(H,25,28)/t16-,18-/m0/s1. The number of fused-ring (bicyclic) bond motifs is 2. The van der Waals surface area contributed by atoms with Gasteiger partial charge in [-0.2, -0.15) is 4.31 Å². The average Bonchev–Trinajstić information content (AvgIpc) is 3.23. The fourth-order valence-corrected chi connectivity index (χ4v) is 6.66. The van der Waals surface area contributed by atoms with Crippen molar-refractivity contribution in [2.24, 2.45) is 5.92 Å². The summed E-state index contributed by atoms with van der Waals surface area (Å²) in [6.07, 6.45) is 1.41. The van der Waals surface area contributed by atoms with Crippen LogP contribution in [0.4, 0.5) is 11.4 Å². The van der Waals surface area contributed by atoms with Gasteiger partial charge in [-0.25, -0.2) is 8.42 Å². The number of aryl methyl sites for hydroxylation is 1. The first-order valence-electron chi connectivity index (χ1n) is 11.3. The molecule has 1 N–H and O–H groups in total. The van der Waals surface area contributed by atoms with Gasteiger partial charge in [0.15, 0.2) is 6.10 Å². The fraction of sp³-hybridized carbons (Fsp3) is 0.417. The molecule has 3 heterocycles. The number of rotatable bonds is 3. The predicted octanol–water partition coefficient (Wildman–Crippen LogP) is 2.70. The number of sulfonamides is 1. The SMILES string of the molecule is Cc1cc2c(cc1S(=O)(=O)N1CCC[C@H](C(=O)N3CCc4ccccc43)C1)O[C@@H](C)C(=O)N2. The molecule has 2 atom stereocenters. The number of amides is 2. The number of hydrogen-bond acceptors (Lipinski definition) is 5. The molecule has 0 aliphatic carbocycles. The summed E-state index contributed by atoms with van der Waals surface area (Å²) in [5.74, 6) is -0.321. The molecule has 3 aliphatic rings. The Bertz CT molecular complexity index is 1240. The topological polar surface area (TPSA) is 96.0 Å². The molecule has 2 amide bonds. The molecule has 9 heteroatoms. The van der Waals surface area contributed by atoms with Crippen molar-refractivity contribution in [3.8, 4) is 5.75 Å². The van der Waals surface area contributed by atoms with Crippen LogP contribution in [-0.2, 0) is 26.0 Å². The average molecular weight is 470 g/mol. The minimum Gasteiger partial charge on any atom is -0.479 e. The number of nitrogens with one attached hydrogen (secondary N) is 1. The quantitative estimate of drug-likeness (QED) is 0.746. The van der Waals surface area contributed by atoms with E-state index in [1.54, 1.807) is 24.8 Å². The Hall–Kier alpha value is -2.91. The van der Waals surface area contributed by atoms with Crippen LogP contribution in [0, 0.1) is 12.8 Å². The molecule has 2 aromatic rings. The first-order valence-corrected chi connectivity index (χ1v) is 12.7. The molecule has 0 saturated carbocycles. The molecule has 0 unspecified atom stereocenters. The van der Waals surface area contributed by atoms with E-state index in [2.05, 4.69) is 5.32 Å². The lowest BCUT2D eigenvalue weighted by Gasteiger charge is -2.34.